The molecule has 6 nitrogen and oxygen atoms in total. The molecular weight excluding hydrogens is 318 g/mol. The zero-order valence-electron chi connectivity index (χ0n) is 14.8. The topological polar surface area (TPSA) is 77.2 Å². The van der Waals surface area contributed by atoms with E-state index in [2.05, 4.69) is 22.4 Å². The van der Waals surface area contributed by atoms with Crippen LogP contribution in [0.1, 0.15) is 44.9 Å². The third-order valence-electron chi connectivity index (χ3n) is 4.84. The summed E-state index contributed by atoms with van der Waals surface area (Å²) in [6.07, 6.45) is 5.56. The van der Waals surface area contributed by atoms with Gasteiger partial charge in [-0.05, 0) is 43.0 Å². The molecule has 1 aliphatic rings. The number of nitrogens with zero attached hydrogens (tertiary/aromatic N) is 2. The van der Waals surface area contributed by atoms with Crippen molar-refractivity contribution in [3.05, 3.63) is 30.2 Å². The third kappa shape index (κ3) is 4.59. The number of nitrogens with one attached hydrogen (secondary N) is 1. The van der Waals surface area contributed by atoms with Gasteiger partial charge in [0, 0.05) is 24.4 Å². The minimum absolute atomic E-state index is 0.0583. The lowest BCUT2D eigenvalue weighted by molar-refractivity contribution is -0.122. The van der Waals surface area contributed by atoms with E-state index in [0.29, 0.717) is 36.5 Å². The second kappa shape index (κ2) is 8.14. The molecule has 2 aromatic rings. The number of benzene rings is 1. The number of carbonyl (C=O) groups excluding carboxylic acids is 1. The molecule has 3 rings (SSSR count). The Labute approximate surface area is 148 Å². The maximum atomic E-state index is 12.2. The van der Waals surface area contributed by atoms with Crippen molar-refractivity contribution in [2.45, 2.75) is 51.5 Å². The molecule has 6 heteroatoms. The summed E-state index contributed by atoms with van der Waals surface area (Å²) < 4.78 is 10.4. The number of aromatic nitrogens is 2. The Morgan fingerprint density at radius 3 is 2.76 bits per heavy atom. The number of rotatable bonds is 6. The molecule has 1 heterocycles. The quantitative estimate of drug-likeness (QED) is 0.870. The molecule has 0 saturated heterocycles. The van der Waals surface area contributed by atoms with E-state index in [0.717, 1.165) is 17.7 Å². The lowest BCUT2D eigenvalue weighted by atomic mass is 9.86. The molecular formula is C19H25N3O3. The van der Waals surface area contributed by atoms with Crippen LogP contribution in [0.4, 0.5) is 0 Å². The Balaban J connectivity index is 1.51. The molecule has 1 aliphatic carbocycles. The molecule has 0 bridgehead atoms. The minimum Gasteiger partial charge on any atom is -0.497 e. The summed E-state index contributed by atoms with van der Waals surface area (Å²) in [7, 11) is 1.63. The zero-order valence-corrected chi connectivity index (χ0v) is 14.8. The zero-order chi connectivity index (χ0) is 17.6. The van der Waals surface area contributed by atoms with Gasteiger partial charge in [0.1, 0.15) is 5.75 Å². The first kappa shape index (κ1) is 17.5. The van der Waals surface area contributed by atoms with Crippen molar-refractivity contribution in [1.29, 1.82) is 0 Å². The van der Waals surface area contributed by atoms with Crippen molar-refractivity contribution in [2.24, 2.45) is 5.92 Å². The molecule has 0 spiro atoms. The highest BCUT2D eigenvalue weighted by Gasteiger charge is 2.22. The molecule has 0 radical (unpaired) electrons. The fraction of sp³-hybridized carbons (Fsp3) is 0.526. The smallest absolute Gasteiger partial charge is 0.227 e. The van der Waals surface area contributed by atoms with E-state index in [1.807, 2.05) is 24.3 Å². The fourth-order valence-electron chi connectivity index (χ4n) is 3.24. The summed E-state index contributed by atoms with van der Waals surface area (Å²) in [5, 5.41) is 7.14. The molecule has 1 amide bonds. The number of carbonyl (C=O) groups is 1. The van der Waals surface area contributed by atoms with Crippen LogP contribution in [0.2, 0.25) is 0 Å². The van der Waals surface area contributed by atoms with E-state index < -0.39 is 0 Å². The molecule has 2 unspecified atom stereocenters. The van der Waals surface area contributed by atoms with Crippen LogP contribution < -0.4 is 10.1 Å². The molecule has 25 heavy (non-hydrogen) atoms. The molecule has 1 aromatic heterocycles. The highest BCUT2D eigenvalue weighted by molar-refractivity contribution is 5.76. The number of methoxy groups -OCH3 is 1. The monoisotopic (exact) mass is 343 g/mol. The lowest BCUT2D eigenvalue weighted by Gasteiger charge is -2.29. The average Bonchev–Trinajstić information content (AvgIpc) is 3.11. The van der Waals surface area contributed by atoms with Gasteiger partial charge < -0.3 is 14.6 Å². The minimum atomic E-state index is 0.0583. The van der Waals surface area contributed by atoms with E-state index >= 15 is 0 Å². The summed E-state index contributed by atoms with van der Waals surface area (Å²) in [4.78, 5) is 16.5. The summed E-state index contributed by atoms with van der Waals surface area (Å²) >= 11 is 0. The van der Waals surface area contributed by atoms with Gasteiger partial charge in [-0.25, -0.2) is 0 Å². The first-order valence-corrected chi connectivity index (χ1v) is 8.92. The Bertz CT molecular complexity index is 696. The van der Waals surface area contributed by atoms with Crippen molar-refractivity contribution in [3.8, 4) is 17.1 Å². The Morgan fingerprint density at radius 1 is 1.28 bits per heavy atom. The van der Waals surface area contributed by atoms with E-state index in [4.69, 9.17) is 9.26 Å². The number of hydrogen-bond donors (Lipinski definition) is 1. The van der Waals surface area contributed by atoms with Crippen LogP contribution in [0.3, 0.4) is 0 Å². The van der Waals surface area contributed by atoms with Gasteiger partial charge in [0.2, 0.25) is 17.6 Å². The van der Waals surface area contributed by atoms with E-state index in [-0.39, 0.29) is 5.91 Å². The molecule has 1 N–H and O–H groups in total. The van der Waals surface area contributed by atoms with Gasteiger partial charge in [-0.3, -0.25) is 4.79 Å². The van der Waals surface area contributed by atoms with Gasteiger partial charge in [0.05, 0.1) is 7.11 Å². The number of hydrogen-bond acceptors (Lipinski definition) is 5. The molecule has 2 atom stereocenters. The maximum Gasteiger partial charge on any atom is 0.227 e. The van der Waals surface area contributed by atoms with Gasteiger partial charge in [0.25, 0.3) is 0 Å². The van der Waals surface area contributed by atoms with Crippen molar-refractivity contribution in [3.63, 3.8) is 0 Å². The number of aryl methyl sites for hydroxylation is 1. The lowest BCUT2D eigenvalue weighted by Crippen LogP contribution is -2.41. The van der Waals surface area contributed by atoms with E-state index in [1.165, 1.54) is 19.3 Å². The van der Waals surface area contributed by atoms with Gasteiger partial charge in [0.15, 0.2) is 0 Å². The highest BCUT2D eigenvalue weighted by Crippen LogP contribution is 2.24. The molecule has 134 valence electrons. The first-order valence-electron chi connectivity index (χ1n) is 8.92. The van der Waals surface area contributed by atoms with Crippen LogP contribution in [0.5, 0.6) is 5.75 Å². The van der Waals surface area contributed by atoms with Crippen molar-refractivity contribution in [2.75, 3.05) is 7.11 Å². The van der Waals surface area contributed by atoms with Gasteiger partial charge in [-0.2, -0.15) is 4.98 Å². The maximum absolute atomic E-state index is 12.2. The Kier molecular flexibility index (Phi) is 5.68. The number of ether oxygens (including phenoxy) is 1. The standard InChI is InChI=1S/C19H25N3O3/c1-13-5-3-4-6-16(13)20-17(23)11-12-18-21-19(22-25-18)14-7-9-15(24-2)10-8-14/h7-10,13,16H,3-6,11-12H2,1-2H3,(H,20,23). The second-order valence-electron chi connectivity index (χ2n) is 6.68. The van der Waals surface area contributed by atoms with Crippen LogP contribution in [-0.4, -0.2) is 29.2 Å². The summed E-state index contributed by atoms with van der Waals surface area (Å²) in [6.45, 7) is 2.21. The van der Waals surface area contributed by atoms with Crippen LogP contribution in [0, 0.1) is 5.92 Å². The van der Waals surface area contributed by atoms with Crippen LogP contribution in [0.25, 0.3) is 11.4 Å². The summed E-state index contributed by atoms with van der Waals surface area (Å²) in [5.74, 6) is 2.41. The third-order valence-corrected chi connectivity index (χ3v) is 4.84. The largest absolute Gasteiger partial charge is 0.497 e. The fourth-order valence-corrected chi connectivity index (χ4v) is 3.24. The van der Waals surface area contributed by atoms with Crippen molar-refractivity contribution >= 4 is 5.91 Å². The van der Waals surface area contributed by atoms with Gasteiger partial charge in [-0.15, -0.1) is 0 Å². The summed E-state index contributed by atoms with van der Waals surface area (Å²) in [6, 6.07) is 7.77. The first-order chi connectivity index (χ1) is 12.2. The predicted molar refractivity (Wildman–Crippen MR) is 94.2 cm³/mol. The van der Waals surface area contributed by atoms with E-state index in [9.17, 15) is 4.79 Å². The van der Waals surface area contributed by atoms with Crippen LogP contribution in [0.15, 0.2) is 28.8 Å². The van der Waals surface area contributed by atoms with Crippen molar-refractivity contribution in [1.82, 2.24) is 15.5 Å². The molecule has 1 aromatic carbocycles. The SMILES string of the molecule is COc1ccc(-c2noc(CCC(=O)NC3CCCCC3C)n2)cc1. The normalized spacial score (nSPS) is 20.2. The average molecular weight is 343 g/mol. The Hall–Kier alpha value is -2.37. The second-order valence-corrected chi connectivity index (χ2v) is 6.68. The highest BCUT2D eigenvalue weighted by atomic mass is 16.5. The molecule has 1 fully saturated rings. The Morgan fingerprint density at radius 2 is 2.04 bits per heavy atom. The van der Waals surface area contributed by atoms with Crippen LogP contribution >= 0.6 is 0 Å². The molecule has 0 aliphatic heterocycles. The van der Waals surface area contributed by atoms with Crippen LogP contribution in [-0.2, 0) is 11.2 Å². The molecule has 1 saturated carbocycles. The number of amides is 1. The van der Waals surface area contributed by atoms with Gasteiger partial charge in [-0.1, -0.05) is 24.9 Å². The predicted octanol–water partition coefficient (Wildman–Crippen LogP) is 3.37. The van der Waals surface area contributed by atoms with Crippen molar-refractivity contribution < 1.29 is 14.1 Å². The van der Waals surface area contributed by atoms with Gasteiger partial charge >= 0.3 is 0 Å². The van der Waals surface area contributed by atoms with E-state index in [1.54, 1.807) is 7.11 Å². The summed E-state index contributed by atoms with van der Waals surface area (Å²) in [5.41, 5.74) is 0.858.